The van der Waals surface area contributed by atoms with Gasteiger partial charge in [0.2, 0.25) is 5.95 Å². The molecule has 2 aromatic heterocycles. The van der Waals surface area contributed by atoms with Crippen molar-refractivity contribution in [2.24, 2.45) is 0 Å². The Morgan fingerprint density at radius 2 is 2.31 bits per heavy atom. The Bertz CT molecular complexity index is 524. The molecule has 0 saturated carbocycles. The molecule has 0 spiro atoms. The molecule has 0 unspecified atom stereocenters. The minimum atomic E-state index is 0.343. The summed E-state index contributed by atoms with van der Waals surface area (Å²) in [5.41, 5.74) is 1.91. The lowest BCUT2D eigenvalue weighted by Crippen LogP contribution is -2.10. The third kappa shape index (κ3) is 1.28. The molecule has 3 rings (SSSR count). The van der Waals surface area contributed by atoms with Crippen molar-refractivity contribution in [3.63, 3.8) is 0 Å². The van der Waals surface area contributed by atoms with Crippen LogP contribution in [0.3, 0.4) is 0 Å². The van der Waals surface area contributed by atoms with E-state index in [1.54, 1.807) is 6.20 Å². The van der Waals surface area contributed by atoms with Crippen LogP contribution in [-0.2, 0) is 6.61 Å². The predicted octanol–water partition coefficient (Wildman–Crippen LogP) is 0.851. The molecular weight excluding hydrogens is 210 g/mol. The molecule has 1 N–H and O–H groups in total. The zero-order valence-corrected chi connectivity index (χ0v) is 8.60. The number of hydrogen-bond donors (Lipinski definition) is 1. The van der Waals surface area contributed by atoms with E-state index in [1.807, 2.05) is 6.92 Å². The summed E-state index contributed by atoms with van der Waals surface area (Å²) in [6.45, 7) is 3.07. The molecule has 16 heavy (non-hydrogen) atoms. The van der Waals surface area contributed by atoms with E-state index < -0.39 is 0 Å². The van der Waals surface area contributed by atoms with Crippen LogP contribution < -0.4 is 10.1 Å². The van der Waals surface area contributed by atoms with Gasteiger partial charge in [-0.15, -0.1) is 0 Å². The highest BCUT2D eigenvalue weighted by molar-refractivity contribution is 5.66. The van der Waals surface area contributed by atoms with Crippen molar-refractivity contribution in [3.05, 3.63) is 11.9 Å². The van der Waals surface area contributed by atoms with Gasteiger partial charge in [-0.1, -0.05) is 5.16 Å². The summed E-state index contributed by atoms with van der Waals surface area (Å²) in [7, 11) is 0. The number of nitrogens with one attached hydrogen (secondary N) is 1. The van der Waals surface area contributed by atoms with Crippen LogP contribution in [0.2, 0.25) is 0 Å². The molecule has 1 aliphatic rings. The summed E-state index contributed by atoms with van der Waals surface area (Å²) < 4.78 is 10.1. The molecule has 0 radical (unpaired) electrons. The fourth-order valence-corrected chi connectivity index (χ4v) is 1.52. The predicted molar refractivity (Wildman–Crippen MR) is 53.8 cm³/mol. The van der Waals surface area contributed by atoms with Crippen molar-refractivity contribution in [1.29, 1.82) is 0 Å². The number of fused-ring (bicyclic) bond motifs is 3. The van der Waals surface area contributed by atoms with Crippen LogP contribution in [0, 0.1) is 0 Å². The van der Waals surface area contributed by atoms with Crippen LogP contribution in [0.1, 0.15) is 12.6 Å². The summed E-state index contributed by atoms with van der Waals surface area (Å²) in [5, 5.41) is 10.6. The first-order chi connectivity index (χ1) is 7.88. The van der Waals surface area contributed by atoms with Crippen molar-refractivity contribution >= 4 is 5.95 Å². The van der Waals surface area contributed by atoms with Gasteiger partial charge < -0.3 is 10.1 Å². The molecule has 0 saturated heterocycles. The van der Waals surface area contributed by atoms with Crippen LogP contribution in [0.4, 0.5) is 5.95 Å². The molecule has 0 aliphatic carbocycles. The highest BCUT2D eigenvalue weighted by Crippen LogP contribution is 2.33. The topological polar surface area (TPSA) is 86.0 Å². The van der Waals surface area contributed by atoms with E-state index in [2.05, 4.69) is 30.2 Å². The van der Waals surface area contributed by atoms with Gasteiger partial charge in [-0.05, 0) is 12.1 Å². The summed E-state index contributed by atoms with van der Waals surface area (Å²) >= 11 is 0. The number of ether oxygens (including phenoxy) is 1. The smallest absolute Gasteiger partial charge is 0.223 e. The van der Waals surface area contributed by atoms with Gasteiger partial charge in [-0.2, -0.15) is 0 Å². The summed E-state index contributed by atoms with van der Waals surface area (Å²) in [6, 6.07) is 0. The maximum absolute atomic E-state index is 5.43. The van der Waals surface area contributed by atoms with Gasteiger partial charge in [0, 0.05) is 6.54 Å². The van der Waals surface area contributed by atoms with Crippen LogP contribution in [0.15, 0.2) is 10.8 Å². The Kier molecular flexibility index (Phi) is 1.95. The van der Waals surface area contributed by atoms with Gasteiger partial charge in [0.25, 0.3) is 0 Å². The molecule has 0 aromatic carbocycles. The first-order valence-corrected chi connectivity index (χ1v) is 4.94. The van der Waals surface area contributed by atoms with E-state index in [-0.39, 0.29) is 0 Å². The second-order valence-electron chi connectivity index (χ2n) is 3.28. The second kappa shape index (κ2) is 3.44. The second-order valence-corrected chi connectivity index (χ2v) is 3.28. The van der Waals surface area contributed by atoms with Crippen molar-refractivity contribution in [2.45, 2.75) is 13.5 Å². The van der Waals surface area contributed by atoms with Gasteiger partial charge in [0.1, 0.15) is 12.3 Å². The van der Waals surface area contributed by atoms with Crippen LogP contribution in [0.25, 0.3) is 11.4 Å². The van der Waals surface area contributed by atoms with Crippen LogP contribution >= 0.6 is 0 Å². The third-order valence-electron chi connectivity index (χ3n) is 2.24. The maximum Gasteiger partial charge on any atom is 0.223 e. The molecule has 0 atom stereocenters. The van der Waals surface area contributed by atoms with Crippen molar-refractivity contribution in [3.8, 4) is 17.1 Å². The average Bonchev–Trinajstić information content (AvgIpc) is 2.78. The average molecular weight is 219 g/mol. The number of nitrogens with zero attached hydrogens (tertiary/aromatic N) is 4. The van der Waals surface area contributed by atoms with E-state index in [0.717, 1.165) is 6.54 Å². The summed E-state index contributed by atoms with van der Waals surface area (Å²) in [4.78, 5) is 8.42. The molecule has 2 aromatic rings. The summed E-state index contributed by atoms with van der Waals surface area (Å²) in [5.74, 6) is 1.14. The molecule has 0 amide bonds. The molecule has 1 aliphatic heterocycles. The minimum absolute atomic E-state index is 0.343. The zero-order valence-electron chi connectivity index (χ0n) is 8.60. The highest BCUT2D eigenvalue weighted by atomic mass is 16.6. The summed E-state index contributed by atoms with van der Waals surface area (Å²) in [6.07, 6.45) is 1.62. The Morgan fingerprint density at radius 1 is 1.38 bits per heavy atom. The minimum Gasteiger partial charge on any atom is -0.483 e. The maximum atomic E-state index is 5.43. The number of hydrogen-bond acceptors (Lipinski definition) is 7. The standard InChI is InChI=1S/C9H9N5O2/c1-2-10-9-11-3-6-8(12-9)7-5(4-15-6)13-16-14-7/h3H,2,4H2,1H3,(H,10,11,12). The lowest BCUT2D eigenvalue weighted by molar-refractivity contribution is 0.271. The highest BCUT2D eigenvalue weighted by Gasteiger charge is 2.24. The molecular formula is C9H9N5O2. The zero-order chi connectivity index (χ0) is 11.0. The van der Waals surface area contributed by atoms with Gasteiger partial charge in [0.15, 0.2) is 17.1 Å². The van der Waals surface area contributed by atoms with E-state index >= 15 is 0 Å². The first-order valence-electron chi connectivity index (χ1n) is 4.94. The first kappa shape index (κ1) is 9.08. The molecule has 82 valence electrons. The van der Waals surface area contributed by atoms with Crippen molar-refractivity contribution in [2.75, 3.05) is 11.9 Å². The van der Waals surface area contributed by atoms with Crippen LogP contribution in [0.5, 0.6) is 5.75 Å². The number of anilines is 1. The SMILES string of the molecule is CCNc1ncc2c(n1)-c1nonc1CO2. The quantitative estimate of drug-likeness (QED) is 0.801. The van der Waals surface area contributed by atoms with Gasteiger partial charge in [0.05, 0.1) is 6.20 Å². The normalized spacial score (nSPS) is 12.6. The lowest BCUT2D eigenvalue weighted by Gasteiger charge is -2.13. The van der Waals surface area contributed by atoms with E-state index in [4.69, 9.17) is 4.74 Å². The van der Waals surface area contributed by atoms with Crippen molar-refractivity contribution < 1.29 is 9.37 Å². The van der Waals surface area contributed by atoms with E-state index in [1.165, 1.54) is 0 Å². The molecule has 7 nitrogen and oxygen atoms in total. The Labute approximate surface area is 90.8 Å². The van der Waals surface area contributed by atoms with Crippen LogP contribution in [-0.4, -0.2) is 26.8 Å². The van der Waals surface area contributed by atoms with Gasteiger partial charge >= 0.3 is 0 Å². The fraction of sp³-hybridized carbons (Fsp3) is 0.333. The lowest BCUT2D eigenvalue weighted by atomic mass is 10.2. The fourth-order valence-electron chi connectivity index (χ4n) is 1.52. The molecule has 0 bridgehead atoms. The Balaban J connectivity index is 2.11. The van der Waals surface area contributed by atoms with E-state index in [9.17, 15) is 0 Å². The number of aromatic nitrogens is 4. The van der Waals surface area contributed by atoms with Crippen molar-refractivity contribution in [1.82, 2.24) is 20.3 Å². The van der Waals surface area contributed by atoms with Gasteiger partial charge in [-0.3, -0.25) is 0 Å². The number of rotatable bonds is 2. The van der Waals surface area contributed by atoms with Gasteiger partial charge in [-0.25, -0.2) is 14.6 Å². The largest absolute Gasteiger partial charge is 0.483 e. The molecule has 0 fully saturated rings. The monoisotopic (exact) mass is 219 g/mol. The molecule has 7 heteroatoms. The Hall–Kier alpha value is -2.18. The molecule has 3 heterocycles. The van der Waals surface area contributed by atoms with E-state index in [0.29, 0.717) is 35.4 Å². The third-order valence-corrected chi connectivity index (χ3v) is 2.24. The Morgan fingerprint density at radius 3 is 3.19 bits per heavy atom.